The lowest BCUT2D eigenvalue weighted by molar-refractivity contribution is -0.142. The monoisotopic (exact) mass is 196 g/mol. The number of amides is 2. The number of hydrogen-bond donors (Lipinski definition) is 1. The SMILES string of the molecule is CC1CCC(N2CC(=O)NCC2=O)C1. The average Bonchev–Trinajstić information content (AvgIpc) is 2.56. The average molecular weight is 196 g/mol. The van der Waals surface area contributed by atoms with Crippen LogP contribution in [0.3, 0.4) is 0 Å². The highest BCUT2D eigenvalue weighted by Crippen LogP contribution is 2.29. The zero-order valence-electron chi connectivity index (χ0n) is 8.45. The van der Waals surface area contributed by atoms with Crippen molar-refractivity contribution in [1.29, 1.82) is 0 Å². The summed E-state index contributed by atoms with van der Waals surface area (Å²) in [5.41, 5.74) is 0. The highest BCUT2D eigenvalue weighted by Gasteiger charge is 2.33. The van der Waals surface area contributed by atoms with E-state index in [0.29, 0.717) is 12.0 Å². The Kier molecular flexibility index (Phi) is 2.44. The van der Waals surface area contributed by atoms with E-state index in [1.165, 1.54) is 6.42 Å². The number of rotatable bonds is 1. The lowest BCUT2D eigenvalue weighted by Crippen LogP contribution is -2.54. The zero-order valence-corrected chi connectivity index (χ0v) is 8.45. The van der Waals surface area contributed by atoms with E-state index in [1.807, 2.05) is 0 Å². The van der Waals surface area contributed by atoms with Gasteiger partial charge in [-0.05, 0) is 25.2 Å². The van der Waals surface area contributed by atoms with Crippen LogP contribution in [0.15, 0.2) is 0 Å². The molecule has 14 heavy (non-hydrogen) atoms. The van der Waals surface area contributed by atoms with Crippen molar-refractivity contribution in [3.8, 4) is 0 Å². The minimum atomic E-state index is -0.0239. The number of piperazine rings is 1. The van der Waals surface area contributed by atoms with Crippen LogP contribution in [0.25, 0.3) is 0 Å². The smallest absolute Gasteiger partial charge is 0.242 e. The molecule has 2 atom stereocenters. The molecule has 1 N–H and O–H groups in total. The van der Waals surface area contributed by atoms with E-state index in [9.17, 15) is 9.59 Å². The summed E-state index contributed by atoms with van der Waals surface area (Å²) in [6, 6.07) is 0.309. The van der Waals surface area contributed by atoms with Gasteiger partial charge in [0.1, 0.15) is 0 Å². The van der Waals surface area contributed by atoms with Gasteiger partial charge < -0.3 is 10.2 Å². The van der Waals surface area contributed by atoms with Gasteiger partial charge in [-0.2, -0.15) is 0 Å². The molecule has 0 radical (unpaired) electrons. The van der Waals surface area contributed by atoms with Gasteiger partial charge in [-0.1, -0.05) is 6.92 Å². The summed E-state index contributed by atoms with van der Waals surface area (Å²) in [6.07, 6.45) is 3.29. The first-order valence-electron chi connectivity index (χ1n) is 5.23. The highest BCUT2D eigenvalue weighted by molar-refractivity contribution is 5.92. The van der Waals surface area contributed by atoms with Gasteiger partial charge in [0.05, 0.1) is 13.1 Å². The van der Waals surface area contributed by atoms with E-state index >= 15 is 0 Å². The van der Waals surface area contributed by atoms with Crippen LogP contribution in [-0.4, -0.2) is 35.8 Å². The topological polar surface area (TPSA) is 49.4 Å². The lowest BCUT2D eigenvalue weighted by Gasteiger charge is -2.32. The zero-order chi connectivity index (χ0) is 10.1. The van der Waals surface area contributed by atoms with Crippen molar-refractivity contribution in [2.24, 2.45) is 5.92 Å². The molecule has 2 amide bonds. The quantitative estimate of drug-likeness (QED) is 0.648. The molecule has 1 saturated carbocycles. The van der Waals surface area contributed by atoms with Crippen molar-refractivity contribution in [2.75, 3.05) is 13.1 Å². The fourth-order valence-electron chi connectivity index (χ4n) is 2.37. The Morgan fingerprint density at radius 2 is 2.14 bits per heavy atom. The third-order valence-corrected chi connectivity index (χ3v) is 3.18. The number of nitrogens with zero attached hydrogens (tertiary/aromatic N) is 1. The first-order valence-corrected chi connectivity index (χ1v) is 5.23. The van der Waals surface area contributed by atoms with Gasteiger partial charge in [-0.15, -0.1) is 0 Å². The summed E-state index contributed by atoms with van der Waals surface area (Å²) in [4.78, 5) is 24.4. The predicted octanol–water partition coefficient (Wildman–Crippen LogP) is 0.133. The second-order valence-corrected chi connectivity index (χ2v) is 4.37. The Balaban J connectivity index is 2.01. The Bertz CT molecular complexity index is 265. The molecule has 2 unspecified atom stereocenters. The van der Waals surface area contributed by atoms with Crippen LogP contribution >= 0.6 is 0 Å². The largest absolute Gasteiger partial charge is 0.345 e. The standard InChI is InChI=1S/C10H16N2O2/c1-7-2-3-8(4-7)12-6-9(13)11-5-10(12)14/h7-8H,2-6H2,1H3,(H,11,13). The molecule has 1 aliphatic heterocycles. The maximum absolute atomic E-state index is 11.5. The van der Waals surface area contributed by atoms with E-state index in [4.69, 9.17) is 0 Å². The number of nitrogens with one attached hydrogen (secondary N) is 1. The van der Waals surface area contributed by atoms with Crippen molar-refractivity contribution in [2.45, 2.75) is 32.2 Å². The molecule has 0 aromatic carbocycles. The lowest BCUT2D eigenvalue weighted by atomic mass is 10.1. The summed E-state index contributed by atoms with van der Waals surface area (Å²) in [7, 11) is 0. The molecule has 0 bridgehead atoms. The van der Waals surface area contributed by atoms with Gasteiger partial charge in [0.2, 0.25) is 11.8 Å². The van der Waals surface area contributed by atoms with Crippen LogP contribution in [0.1, 0.15) is 26.2 Å². The maximum atomic E-state index is 11.5. The van der Waals surface area contributed by atoms with Crippen LogP contribution < -0.4 is 5.32 Å². The summed E-state index contributed by atoms with van der Waals surface area (Å²) in [5, 5.41) is 2.57. The molecule has 2 fully saturated rings. The van der Waals surface area contributed by atoms with Crippen molar-refractivity contribution >= 4 is 11.8 Å². The molecule has 4 heteroatoms. The third kappa shape index (κ3) is 1.74. The van der Waals surface area contributed by atoms with E-state index < -0.39 is 0 Å². The second kappa shape index (κ2) is 3.59. The van der Waals surface area contributed by atoms with E-state index in [2.05, 4.69) is 12.2 Å². The van der Waals surface area contributed by atoms with Crippen LogP contribution in [-0.2, 0) is 9.59 Å². The summed E-state index contributed by atoms with van der Waals surface area (Å²) in [5.74, 6) is 0.741. The minimum Gasteiger partial charge on any atom is -0.345 e. The molecule has 1 heterocycles. The van der Waals surface area contributed by atoms with E-state index in [-0.39, 0.29) is 24.9 Å². The van der Waals surface area contributed by atoms with Gasteiger partial charge in [-0.25, -0.2) is 0 Å². The Morgan fingerprint density at radius 1 is 1.36 bits per heavy atom. The second-order valence-electron chi connectivity index (χ2n) is 4.37. The predicted molar refractivity (Wildman–Crippen MR) is 51.5 cm³/mol. The molecule has 78 valence electrons. The normalized spacial score (nSPS) is 33.4. The highest BCUT2D eigenvalue weighted by atomic mass is 16.2. The molecule has 1 aliphatic carbocycles. The van der Waals surface area contributed by atoms with Gasteiger partial charge in [-0.3, -0.25) is 9.59 Å². The Morgan fingerprint density at radius 3 is 2.79 bits per heavy atom. The van der Waals surface area contributed by atoms with Gasteiger partial charge >= 0.3 is 0 Å². The number of carbonyl (C=O) groups excluding carboxylic acids is 2. The van der Waals surface area contributed by atoms with Crippen molar-refractivity contribution < 1.29 is 9.59 Å². The fraction of sp³-hybridized carbons (Fsp3) is 0.800. The molecule has 0 spiro atoms. The van der Waals surface area contributed by atoms with Crippen molar-refractivity contribution in [1.82, 2.24) is 10.2 Å². The molecule has 0 aromatic heterocycles. The third-order valence-electron chi connectivity index (χ3n) is 3.18. The van der Waals surface area contributed by atoms with E-state index in [1.54, 1.807) is 4.90 Å². The first-order chi connectivity index (χ1) is 6.66. The molecule has 4 nitrogen and oxygen atoms in total. The van der Waals surface area contributed by atoms with Crippen LogP contribution in [0, 0.1) is 5.92 Å². The van der Waals surface area contributed by atoms with Crippen LogP contribution in [0.5, 0.6) is 0 Å². The molecule has 0 aromatic rings. The molecule has 2 aliphatic rings. The maximum Gasteiger partial charge on any atom is 0.242 e. The van der Waals surface area contributed by atoms with Crippen LogP contribution in [0.2, 0.25) is 0 Å². The number of carbonyl (C=O) groups is 2. The Hall–Kier alpha value is -1.06. The molecular formula is C10H16N2O2. The summed E-state index contributed by atoms with van der Waals surface area (Å²) >= 11 is 0. The summed E-state index contributed by atoms with van der Waals surface area (Å²) < 4.78 is 0. The molecule has 1 saturated heterocycles. The first kappa shape index (κ1) is 9.49. The van der Waals surface area contributed by atoms with Crippen molar-refractivity contribution in [3.63, 3.8) is 0 Å². The summed E-state index contributed by atoms with van der Waals surface area (Å²) in [6.45, 7) is 2.65. The molecular weight excluding hydrogens is 180 g/mol. The fourth-order valence-corrected chi connectivity index (χ4v) is 2.37. The Labute approximate surface area is 83.6 Å². The van der Waals surface area contributed by atoms with Gasteiger partial charge in [0.25, 0.3) is 0 Å². The van der Waals surface area contributed by atoms with E-state index in [0.717, 1.165) is 12.8 Å². The molecule has 2 rings (SSSR count). The van der Waals surface area contributed by atoms with Crippen molar-refractivity contribution in [3.05, 3.63) is 0 Å². The van der Waals surface area contributed by atoms with Gasteiger partial charge in [0, 0.05) is 6.04 Å². The van der Waals surface area contributed by atoms with Gasteiger partial charge in [0.15, 0.2) is 0 Å². The minimum absolute atomic E-state index is 0.0239. The number of hydrogen-bond acceptors (Lipinski definition) is 2. The van der Waals surface area contributed by atoms with Crippen LogP contribution in [0.4, 0.5) is 0 Å².